The smallest absolute Gasteiger partial charge is 0.00629 e. The Kier molecular flexibility index (Phi) is 1.02. The standard InChI is InChI=1S/C15H18/c1-6(2)7-3-4-8-11(7)13-9-5-10-14(12(8)9)15(10)13/h3-4,8-15H,5H2,1-2H3/t8-,9-,10-,11+,12-,13-,14-,15-/m0/s1. The molecule has 0 aliphatic heterocycles. The molecule has 0 nitrogen and oxygen atoms in total. The first-order valence-corrected chi connectivity index (χ1v) is 6.64. The Labute approximate surface area is 91.4 Å². The third-order valence-corrected chi connectivity index (χ3v) is 6.42. The van der Waals surface area contributed by atoms with Gasteiger partial charge in [-0.05, 0) is 73.2 Å². The van der Waals surface area contributed by atoms with Crippen LogP contribution in [0.4, 0.5) is 0 Å². The fraction of sp³-hybridized carbons (Fsp3) is 0.733. The average Bonchev–Trinajstić information content (AvgIpc) is 2.73. The van der Waals surface area contributed by atoms with E-state index in [9.17, 15) is 0 Å². The van der Waals surface area contributed by atoms with Gasteiger partial charge in [-0.25, -0.2) is 0 Å². The molecule has 6 aliphatic carbocycles. The van der Waals surface area contributed by atoms with Crippen LogP contribution in [0.15, 0.2) is 23.3 Å². The Bertz CT molecular complexity index is 423. The van der Waals surface area contributed by atoms with Crippen molar-refractivity contribution in [3.63, 3.8) is 0 Å². The summed E-state index contributed by atoms with van der Waals surface area (Å²) in [6.45, 7) is 4.62. The second kappa shape index (κ2) is 1.99. The van der Waals surface area contributed by atoms with E-state index in [0.29, 0.717) is 0 Å². The van der Waals surface area contributed by atoms with Crippen molar-refractivity contribution in [1.29, 1.82) is 0 Å². The molecule has 0 unspecified atom stereocenters. The summed E-state index contributed by atoms with van der Waals surface area (Å²) in [5.74, 6) is 8.93. The van der Waals surface area contributed by atoms with Crippen molar-refractivity contribution in [3.05, 3.63) is 23.3 Å². The highest BCUT2D eigenvalue weighted by molar-refractivity contribution is 5.43. The Morgan fingerprint density at radius 2 is 1.80 bits per heavy atom. The maximum atomic E-state index is 2.57. The lowest BCUT2D eigenvalue weighted by Crippen LogP contribution is -2.20. The molecule has 0 amide bonds. The summed E-state index contributed by atoms with van der Waals surface area (Å²) in [7, 11) is 0. The van der Waals surface area contributed by atoms with E-state index in [1.54, 1.807) is 17.6 Å². The quantitative estimate of drug-likeness (QED) is 0.560. The van der Waals surface area contributed by atoms with Crippen molar-refractivity contribution in [3.8, 4) is 0 Å². The zero-order valence-corrected chi connectivity index (χ0v) is 9.48. The van der Waals surface area contributed by atoms with Gasteiger partial charge in [-0.15, -0.1) is 0 Å². The number of hydrogen-bond acceptors (Lipinski definition) is 0. The molecule has 5 saturated carbocycles. The van der Waals surface area contributed by atoms with Gasteiger partial charge in [0, 0.05) is 0 Å². The van der Waals surface area contributed by atoms with E-state index in [-0.39, 0.29) is 0 Å². The molecule has 0 heterocycles. The normalized spacial score (nSPS) is 65.3. The molecule has 0 radical (unpaired) electrons. The summed E-state index contributed by atoms with van der Waals surface area (Å²) >= 11 is 0. The molecular formula is C15H18. The Hall–Kier alpha value is -0.520. The summed E-state index contributed by atoms with van der Waals surface area (Å²) in [5, 5.41) is 0. The van der Waals surface area contributed by atoms with E-state index < -0.39 is 0 Å². The van der Waals surface area contributed by atoms with Gasteiger partial charge in [0.15, 0.2) is 0 Å². The molecule has 5 fully saturated rings. The van der Waals surface area contributed by atoms with Gasteiger partial charge in [0.05, 0.1) is 0 Å². The topological polar surface area (TPSA) is 0 Å². The van der Waals surface area contributed by atoms with Gasteiger partial charge >= 0.3 is 0 Å². The van der Waals surface area contributed by atoms with Crippen LogP contribution in [0.25, 0.3) is 0 Å². The third kappa shape index (κ3) is 0.599. The number of rotatable bonds is 0. The predicted octanol–water partition coefficient (Wildman–Crippen LogP) is 3.27. The summed E-state index contributed by atoms with van der Waals surface area (Å²) in [4.78, 5) is 0. The average molecular weight is 198 g/mol. The number of allylic oxidation sites excluding steroid dienone is 4. The van der Waals surface area contributed by atoms with E-state index in [1.165, 1.54) is 17.8 Å². The molecule has 6 bridgehead atoms. The summed E-state index contributed by atoms with van der Waals surface area (Å²) in [6, 6.07) is 0. The number of hydrogen-bond donors (Lipinski definition) is 0. The largest absolute Gasteiger partial charge is 0.0802 e. The molecule has 15 heavy (non-hydrogen) atoms. The van der Waals surface area contributed by atoms with Gasteiger partial charge in [-0.2, -0.15) is 0 Å². The molecule has 6 rings (SSSR count). The summed E-state index contributed by atoms with van der Waals surface area (Å²) in [6.07, 6.45) is 6.65. The van der Waals surface area contributed by atoms with Crippen LogP contribution < -0.4 is 0 Å². The molecule has 8 atom stereocenters. The van der Waals surface area contributed by atoms with Crippen LogP contribution in [0.2, 0.25) is 0 Å². The Morgan fingerprint density at radius 1 is 1.07 bits per heavy atom. The van der Waals surface area contributed by atoms with Crippen LogP contribution in [0.3, 0.4) is 0 Å². The lowest BCUT2D eigenvalue weighted by Gasteiger charge is -2.25. The van der Waals surface area contributed by atoms with E-state index in [2.05, 4.69) is 26.0 Å². The molecule has 6 aliphatic rings. The minimum absolute atomic E-state index is 0.971. The van der Waals surface area contributed by atoms with E-state index in [4.69, 9.17) is 0 Å². The van der Waals surface area contributed by atoms with Crippen LogP contribution in [-0.2, 0) is 0 Å². The number of fused-ring (bicyclic) bond motifs is 1. The van der Waals surface area contributed by atoms with Gasteiger partial charge in [-0.3, -0.25) is 0 Å². The first-order valence-electron chi connectivity index (χ1n) is 6.64. The minimum Gasteiger partial charge on any atom is -0.0802 e. The van der Waals surface area contributed by atoms with E-state index >= 15 is 0 Å². The Morgan fingerprint density at radius 3 is 2.53 bits per heavy atom. The second-order valence-electron chi connectivity index (χ2n) is 6.79. The van der Waals surface area contributed by atoms with Crippen molar-refractivity contribution in [2.75, 3.05) is 0 Å². The molecule has 0 aromatic rings. The van der Waals surface area contributed by atoms with Gasteiger partial charge in [-0.1, -0.05) is 17.7 Å². The van der Waals surface area contributed by atoms with Gasteiger partial charge in [0.25, 0.3) is 0 Å². The highest BCUT2D eigenvalue weighted by atomic mass is 14.8. The van der Waals surface area contributed by atoms with Gasteiger partial charge in [0.2, 0.25) is 0 Å². The molecule has 0 aromatic carbocycles. The molecule has 0 aromatic heterocycles. The van der Waals surface area contributed by atoms with Crippen LogP contribution >= 0.6 is 0 Å². The van der Waals surface area contributed by atoms with Crippen LogP contribution in [0.1, 0.15) is 20.3 Å². The third-order valence-electron chi connectivity index (χ3n) is 6.42. The predicted molar refractivity (Wildman–Crippen MR) is 60.1 cm³/mol. The van der Waals surface area contributed by atoms with Gasteiger partial charge in [0.1, 0.15) is 0 Å². The maximum absolute atomic E-state index is 2.57. The summed E-state index contributed by atoms with van der Waals surface area (Å²) < 4.78 is 0. The monoisotopic (exact) mass is 198 g/mol. The first kappa shape index (κ1) is 7.70. The minimum atomic E-state index is 0.971. The maximum Gasteiger partial charge on any atom is -0.00629 e. The van der Waals surface area contributed by atoms with Crippen molar-refractivity contribution >= 4 is 0 Å². The lowest BCUT2D eigenvalue weighted by atomic mass is 9.78. The zero-order chi connectivity index (χ0) is 9.89. The SMILES string of the molecule is CC(C)=C1C=C[C@H]2[C@@H]1[C@@H]1[C@H]3C[C@H]4[C@H]([C@@H]41)[C@@H]23. The van der Waals surface area contributed by atoms with E-state index in [0.717, 1.165) is 29.6 Å². The van der Waals surface area contributed by atoms with Crippen LogP contribution in [0, 0.1) is 47.3 Å². The summed E-state index contributed by atoms with van der Waals surface area (Å²) in [5.41, 5.74) is 3.31. The fourth-order valence-electron chi connectivity index (χ4n) is 6.31. The zero-order valence-electron chi connectivity index (χ0n) is 9.48. The first-order chi connectivity index (χ1) is 7.29. The molecule has 0 N–H and O–H groups in total. The molecule has 0 heteroatoms. The van der Waals surface area contributed by atoms with Crippen molar-refractivity contribution in [2.45, 2.75) is 20.3 Å². The molecule has 0 spiro atoms. The molecule has 0 saturated heterocycles. The van der Waals surface area contributed by atoms with Crippen LogP contribution in [-0.4, -0.2) is 0 Å². The lowest BCUT2D eigenvalue weighted by molar-refractivity contribution is 0.305. The second-order valence-corrected chi connectivity index (χ2v) is 6.79. The molecule has 78 valence electrons. The Balaban J connectivity index is 1.69. The van der Waals surface area contributed by atoms with Crippen molar-refractivity contribution in [2.24, 2.45) is 47.3 Å². The van der Waals surface area contributed by atoms with Gasteiger partial charge < -0.3 is 0 Å². The van der Waals surface area contributed by atoms with Crippen molar-refractivity contribution in [1.82, 2.24) is 0 Å². The van der Waals surface area contributed by atoms with E-state index in [1.807, 2.05) is 0 Å². The molecular weight excluding hydrogens is 180 g/mol. The highest BCUT2D eigenvalue weighted by Gasteiger charge is 2.80. The highest BCUT2D eigenvalue weighted by Crippen LogP contribution is 2.84. The van der Waals surface area contributed by atoms with Crippen LogP contribution in [0.5, 0.6) is 0 Å². The van der Waals surface area contributed by atoms with Crippen molar-refractivity contribution < 1.29 is 0 Å². The fourth-order valence-corrected chi connectivity index (χ4v) is 6.31.